The summed E-state index contributed by atoms with van der Waals surface area (Å²) in [7, 11) is 1.72. The zero-order valence-corrected chi connectivity index (χ0v) is 12.0. The van der Waals surface area contributed by atoms with Crippen molar-refractivity contribution in [2.24, 2.45) is 5.41 Å². The van der Waals surface area contributed by atoms with Crippen LogP contribution in [-0.4, -0.2) is 31.9 Å². The van der Waals surface area contributed by atoms with Gasteiger partial charge in [0.15, 0.2) is 5.11 Å². The Labute approximate surface area is 111 Å². The van der Waals surface area contributed by atoms with Gasteiger partial charge in [0.2, 0.25) is 0 Å². The van der Waals surface area contributed by atoms with E-state index in [9.17, 15) is 0 Å². The van der Waals surface area contributed by atoms with E-state index in [4.69, 9.17) is 17.0 Å². The highest BCUT2D eigenvalue weighted by atomic mass is 32.1. The molecule has 0 aromatic rings. The summed E-state index contributed by atoms with van der Waals surface area (Å²) >= 11 is 5.27. The van der Waals surface area contributed by atoms with Crippen LogP contribution in [0.5, 0.6) is 0 Å². The zero-order valence-electron chi connectivity index (χ0n) is 11.2. The Bertz CT molecular complexity index is 227. The fourth-order valence-corrected chi connectivity index (χ4v) is 2.70. The van der Waals surface area contributed by atoms with E-state index in [1.807, 2.05) is 0 Å². The first-order chi connectivity index (χ1) is 8.22. The van der Waals surface area contributed by atoms with Crippen LogP contribution in [-0.2, 0) is 4.74 Å². The first-order valence-corrected chi connectivity index (χ1v) is 7.14. The molecule has 1 saturated carbocycles. The average Bonchev–Trinajstić information content (AvgIpc) is 2.82. The number of nitrogens with one attached hydrogen (secondary N) is 2. The van der Waals surface area contributed by atoms with Crippen LogP contribution < -0.4 is 10.6 Å². The van der Waals surface area contributed by atoms with E-state index in [-0.39, 0.29) is 0 Å². The Hall–Kier alpha value is -0.350. The summed E-state index contributed by atoms with van der Waals surface area (Å²) in [6, 6.07) is 0. The molecule has 0 heterocycles. The number of hydrogen-bond acceptors (Lipinski definition) is 2. The molecule has 1 aliphatic rings. The molecule has 3 nitrogen and oxygen atoms in total. The summed E-state index contributed by atoms with van der Waals surface area (Å²) in [6.07, 6.45) is 7.71. The molecule has 0 aromatic heterocycles. The molecule has 0 unspecified atom stereocenters. The first-order valence-electron chi connectivity index (χ1n) is 6.73. The lowest BCUT2D eigenvalue weighted by Crippen LogP contribution is -2.41. The van der Waals surface area contributed by atoms with Gasteiger partial charge in [0.25, 0.3) is 0 Å². The van der Waals surface area contributed by atoms with Gasteiger partial charge in [0.05, 0.1) is 0 Å². The van der Waals surface area contributed by atoms with E-state index >= 15 is 0 Å². The molecule has 0 spiro atoms. The molecule has 0 atom stereocenters. The summed E-state index contributed by atoms with van der Waals surface area (Å²) in [5.41, 5.74) is 0.498. The van der Waals surface area contributed by atoms with E-state index in [1.54, 1.807) is 7.11 Å². The van der Waals surface area contributed by atoms with Gasteiger partial charge in [0, 0.05) is 26.8 Å². The van der Waals surface area contributed by atoms with Crippen molar-refractivity contribution in [2.75, 3.05) is 26.8 Å². The Kier molecular flexibility index (Phi) is 6.82. The van der Waals surface area contributed by atoms with Gasteiger partial charge in [0.1, 0.15) is 0 Å². The van der Waals surface area contributed by atoms with Crippen LogP contribution in [0.2, 0.25) is 0 Å². The van der Waals surface area contributed by atoms with Crippen LogP contribution in [0.4, 0.5) is 0 Å². The van der Waals surface area contributed by atoms with Crippen molar-refractivity contribution >= 4 is 17.3 Å². The quantitative estimate of drug-likeness (QED) is 0.543. The largest absolute Gasteiger partial charge is 0.385 e. The van der Waals surface area contributed by atoms with Crippen molar-refractivity contribution in [3.63, 3.8) is 0 Å². The molecule has 2 N–H and O–H groups in total. The van der Waals surface area contributed by atoms with E-state index < -0.39 is 0 Å². The molecular weight excluding hydrogens is 232 g/mol. The Morgan fingerprint density at radius 3 is 2.59 bits per heavy atom. The molecule has 0 radical (unpaired) electrons. The lowest BCUT2D eigenvalue weighted by molar-refractivity contribution is 0.195. The maximum Gasteiger partial charge on any atom is 0.166 e. The van der Waals surface area contributed by atoms with Crippen LogP contribution in [0.25, 0.3) is 0 Å². The summed E-state index contributed by atoms with van der Waals surface area (Å²) in [4.78, 5) is 0. The third-order valence-corrected chi connectivity index (χ3v) is 4.14. The van der Waals surface area contributed by atoms with Gasteiger partial charge in [-0.3, -0.25) is 0 Å². The van der Waals surface area contributed by atoms with Crippen molar-refractivity contribution in [3.8, 4) is 0 Å². The monoisotopic (exact) mass is 258 g/mol. The highest BCUT2D eigenvalue weighted by Gasteiger charge is 2.31. The summed E-state index contributed by atoms with van der Waals surface area (Å²) in [6.45, 7) is 5.00. The maximum atomic E-state index is 5.27. The average molecular weight is 258 g/mol. The number of rotatable bonds is 7. The van der Waals surface area contributed by atoms with Gasteiger partial charge >= 0.3 is 0 Å². The molecule has 1 aliphatic carbocycles. The van der Waals surface area contributed by atoms with E-state index in [2.05, 4.69) is 17.6 Å². The molecule has 0 amide bonds. The molecule has 1 fully saturated rings. The van der Waals surface area contributed by atoms with Crippen molar-refractivity contribution < 1.29 is 4.74 Å². The minimum atomic E-state index is 0.498. The van der Waals surface area contributed by atoms with Gasteiger partial charge in [-0.25, -0.2) is 0 Å². The third-order valence-electron chi connectivity index (χ3n) is 3.85. The van der Waals surface area contributed by atoms with Crippen molar-refractivity contribution in [2.45, 2.75) is 45.4 Å². The van der Waals surface area contributed by atoms with Gasteiger partial charge < -0.3 is 15.4 Å². The molecular formula is C13H26N2OS. The standard InChI is InChI=1S/C13H26N2OS/c1-3-13(7-4-5-8-13)11-15-12(17)14-9-6-10-16-2/h3-11H2,1-2H3,(H2,14,15,17). The van der Waals surface area contributed by atoms with E-state index in [1.165, 1.54) is 32.1 Å². The van der Waals surface area contributed by atoms with Gasteiger partial charge in [-0.1, -0.05) is 19.8 Å². The molecule has 100 valence electrons. The van der Waals surface area contributed by atoms with Crippen LogP contribution in [0, 0.1) is 5.41 Å². The second-order valence-corrected chi connectivity index (χ2v) is 5.42. The highest BCUT2D eigenvalue weighted by molar-refractivity contribution is 7.80. The smallest absolute Gasteiger partial charge is 0.166 e. The molecule has 17 heavy (non-hydrogen) atoms. The highest BCUT2D eigenvalue weighted by Crippen LogP contribution is 2.40. The normalized spacial score (nSPS) is 18.0. The maximum absolute atomic E-state index is 5.27. The van der Waals surface area contributed by atoms with Gasteiger partial charge in [-0.05, 0) is 43.3 Å². The van der Waals surface area contributed by atoms with Crippen LogP contribution in [0.15, 0.2) is 0 Å². The van der Waals surface area contributed by atoms with Gasteiger partial charge in [-0.15, -0.1) is 0 Å². The number of methoxy groups -OCH3 is 1. The molecule has 0 aromatic carbocycles. The predicted molar refractivity (Wildman–Crippen MR) is 76.3 cm³/mol. The van der Waals surface area contributed by atoms with Crippen molar-refractivity contribution in [1.29, 1.82) is 0 Å². The van der Waals surface area contributed by atoms with Crippen LogP contribution in [0.3, 0.4) is 0 Å². The first kappa shape index (κ1) is 14.7. The van der Waals surface area contributed by atoms with Crippen molar-refractivity contribution in [3.05, 3.63) is 0 Å². The Morgan fingerprint density at radius 1 is 1.29 bits per heavy atom. The third kappa shape index (κ3) is 5.21. The second-order valence-electron chi connectivity index (χ2n) is 5.02. The lowest BCUT2D eigenvalue weighted by Gasteiger charge is -2.28. The van der Waals surface area contributed by atoms with E-state index in [0.29, 0.717) is 5.41 Å². The minimum absolute atomic E-state index is 0.498. The van der Waals surface area contributed by atoms with Crippen molar-refractivity contribution in [1.82, 2.24) is 10.6 Å². The second kappa shape index (κ2) is 7.88. The summed E-state index contributed by atoms with van der Waals surface area (Å²) in [5.74, 6) is 0. The molecule has 0 bridgehead atoms. The predicted octanol–water partition coefficient (Wildman–Crippen LogP) is 2.46. The lowest BCUT2D eigenvalue weighted by atomic mass is 9.83. The number of ether oxygens (including phenoxy) is 1. The Morgan fingerprint density at radius 2 is 2.00 bits per heavy atom. The molecule has 1 rings (SSSR count). The zero-order chi connectivity index (χ0) is 12.6. The van der Waals surface area contributed by atoms with Crippen LogP contribution >= 0.6 is 12.2 Å². The summed E-state index contributed by atoms with van der Waals surface area (Å²) in [5, 5.41) is 7.39. The molecule has 4 heteroatoms. The SMILES string of the molecule is CCC1(CNC(=S)NCCCOC)CCCC1. The van der Waals surface area contributed by atoms with Gasteiger partial charge in [-0.2, -0.15) is 0 Å². The fourth-order valence-electron chi connectivity index (χ4n) is 2.53. The molecule has 0 saturated heterocycles. The minimum Gasteiger partial charge on any atom is -0.385 e. The summed E-state index contributed by atoms with van der Waals surface area (Å²) < 4.78 is 4.99. The topological polar surface area (TPSA) is 33.3 Å². The molecule has 0 aliphatic heterocycles. The number of thiocarbonyl (C=S) groups is 1. The fraction of sp³-hybridized carbons (Fsp3) is 0.923. The van der Waals surface area contributed by atoms with Crippen LogP contribution in [0.1, 0.15) is 45.4 Å². The van der Waals surface area contributed by atoms with E-state index in [0.717, 1.165) is 31.2 Å². The number of hydrogen-bond donors (Lipinski definition) is 2. The Balaban J connectivity index is 2.14.